The smallest absolute Gasteiger partial charge is 0.0140 e. The van der Waals surface area contributed by atoms with Crippen molar-refractivity contribution in [3.63, 3.8) is 0 Å². The normalized spacial score (nSPS) is 11.6. The molecule has 0 atom stereocenters. The van der Waals surface area contributed by atoms with Gasteiger partial charge in [-0.3, -0.25) is 0 Å². The van der Waals surface area contributed by atoms with Crippen molar-refractivity contribution in [3.8, 4) is 0 Å². The Kier molecular flexibility index (Phi) is 5.23. The molecule has 0 rings (SSSR count). The third kappa shape index (κ3) is 5.31. The zero-order chi connectivity index (χ0) is 7.11. The van der Waals surface area contributed by atoms with Gasteiger partial charge in [0, 0.05) is 6.54 Å². The van der Waals surface area contributed by atoms with Crippen LogP contribution < -0.4 is 5.32 Å². The predicted octanol–water partition coefficient (Wildman–Crippen LogP) is 1.73. The average Bonchev–Trinajstić information content (AvgIpc) is 1.89. The number of rotatable bonds is 4. The van der Waals surface area contributed by atoms with Crippen molar-refractivity contribution in [2.24, 2.45) is 0 Å². The van der Waals surface area contributed by atoms with Crippen molar-refractivity contribution in [2.45, 2.75) is 13.8 Å². The molecule has 0 saturated heterocycles. The van der Waals surface area contributed by atoms with Crippen LogP contribution in [0.1, 0.15) is 13.8 Å². The quantitative estimate of drug-likeness (QED) is 0.445. The third-order valence-corrected chi connectivity index (χ3v) is 1.14. The Morgan fingerprint density at radius 2 is 2.33 bits per heavy atom. The first-order chi connectivity index (χ1) is 4.31. The molecular weight excluding hydrogens is 110 g/mol. The molecule has 0 fully saturated rings. The summed E-state index contributed by atoms with van der Waals surface area (Å²) >= 11 is 0. The Labute approximate surface area is 57.5 Å². The zero-order valence-electron chi connectivity index (χ0n) is 6.28. The van der Waals surface area contributed by atoms with Crippen molar-refractivity contribution >= 4 is 0 Å². The summed E-state index contributed by atoms with van der Waals surface area (Å²) in [6.07, 6.45) is 3.98. The van der Waals surface area contributed by atoms with E-state index in [1.807, 2.05) is 13.0 Å². The lowest BCUT2D eigenvalue weighted by Crippen LogP contribution is -2.11. The molecule has 0 aromatic rings. The first-order valence-corrected chi connectivity index (χ1v) is 3.31. The number of likely N-dealkylation sites (N-methyl/N-ethyl adjacent to an activating group) is 1. The molecule has 0 bridgehead atoms. The fourth-order valence-corrected chi connectivity index (χ4v) is 0.461. The van der Waals surface area contributed by atoms with Gasteiger partial charge in [-0.25, -0.2) is 0 Å². The van der Waals surface area contributed by atoms with Gasteiger partial charge in [0.15, 0.2) is 0 Å². The van der Waals surface area contributed by atoms with E-state index in [0.717, 1.165) is 13.1 Å². The second kappa shape index (κ2) is 5.57. The van der Waals surface area contributed by atoms with E-state index in [4.69, 9.17) is 0 Å². The van der Waals surface area contributed by atoms with Crippen LogP contribution in [0.2, 0.25) is 0 Å². The molecule has 0 saturated carbocycles. The first-order valence-electron chi connectivity index (χ1n) is 3.31. The van der Waals surface area contributed by atoms with Crippen LogP contribution in [0.4, 0.5) is 0 Å². The van der Waals surface area contributed by atoms with Crippen LogP contribution in [0.3, 0.4) is 0 Å². The molecule has 1 heteroatoms. The molecule has 0 aromatic carbocycles. The van der Waals surface area contributed by atoms with Crippen LogP contribution in [0, 0.1) is 0 Å². The standard InChI is InChI=1S/C8H15N/c1-4-8(3)6-7-9-5-2/h4,6,9H,1,5,7H2,2-3H3/b8-6+. The van der Waals surface area contributed by atoms with Crippen molar-refractivity contribution in [1.29, 1.82) is 0 Å². The highest BCUT2D eigenvalue weighted by molar-refractivity contribution is 5.12. The third-order valence-electron chi connectivity index (χ3n) is 1.14. The largest absolute Gasteiger partial charge is 0.314 e. The maximum Gasteiger partial charge on any atom is 0.0140 e. The van der Waals surface area contributed by atoms with Crippen LogP contribution in [0.15, 0.2) is 24.3 Å². The van der Waals surface area contributed by atoms with Crippen LogP contribution in [0.5, 0.6) is 0 Å². The molecule has 0 spiro atoms. The van der Waals surface area contributed by atoms with Gasteiger partial charge in [0.2, 0.25) is 0 Å². The Hall–Kier alpha value is -0.560. The van der Waals surface area contributed by atoms with E-state index in [9.17, 15) is 0 Å². The summed E-state index contributed by atoms with van der Waals surface area (Å²) in [7, 11) is 0. The fourth-order valence-electron chi connectivity index (χ4n) is 0.461. The van der Waals surface area contributed by atoms with E-state index in [1.165, 1.54) is 5.57 Å². The summed E-state index contributed by atoms with van der Waals surface area (Å²) in [5.74, 6) is 0. The summed E-state index contributed by atoms with van der Waals surface area (Å²) in [6, 6.07) is 0. The lowest BCUT2D eigenvalue weighted by atomic mass is 10.3. The van der Waals surface area contributed by atoms with E-state index in [2.05, 4.69) is 24.9 Å². The second-order valence-corrected chi connectivity index (χ2v) is 1.96. The number of allylic oxidation sites excluding steroid dienone is 2. The van der Waals surface area contributed by atoms with Gasteiger partial charge in [-0.05, 0) is 13.5 Å². The summed E-state index contributed by atoms with van der Waals surface area (Å²) in [5.41, 5.74) is 1.23. The van der Waals surface area contributed by atoms with E-state index < -0.39 is 0 Å². The fraction of sp³-hybridized carbons (Fsp3) is 0.500. The average molecular weight is 125 g/mol. The van der Waals surface area contributed by atoms with Gasteiger partial charge >= 0.3 is 0 Å². The Morgan fingerprint density at radius 1 is 1.67 bits per heavy atom. The van der Waals surface area contributed by atoms with E-state index in [1.54, 1.807) is 0 Å². The molecule has 0 aromatic heterocycles. The summed E-state index contributed by atoms with van der Waals surface area (Å²) in [4.78, 5) is 0. The molecule has 9 heavy (non-hydrogen) atoms. The van der Waals surface area contributed by atoms with Gasteiger partial charge < -0.3 is 5.32 Å². The molecule has 52 valence electrons. The number of nitrogens with one attached hydrogen (secondary N) is 1. The molecule has 0 radical (unpaired) electrons. The second-order valence-electron chi connectivity index (χ2n) is 1.96. The highest BCUT2D eigenvalue weighted by Crippen LogP contribution is 1.89. The van der Waals surface area contributed by atoms with Gasteiger partial charge in [-0.1, -0.05) is 31.2 Å². The number of hydrogen-bond acceptors (Lipinski definition) is 1. The van der Waals surface area contributed by atoms with Crippen molar-refractivity contribution in [1.82, 2.24) is 5.32 Å². The molecular formula is C8H15N. The molecule has 0 aliphatic carbocycles. The van der Waals surface area contributed by atoms with Gasteiger partial charge in [0.05, 0.1) is 0 Å². The van der Waals surface area contributed by atoms with E-state index in [0.29, 0.717) is 0 Å². The molecule has 1 nitrogen and oxygen atoms in total. The van der Waals surface area contributed by atoms with Crippen LogP contribution in [-0.4, -0.2) is 13.1 Å². The molecule has 0 aliphatic rings. The van der Waals surface area contributed by atoms with E-state index in [-0.39, 0.29) is 0 Å². The zero-order valence-corrected chi connectivity index (χ0v) is 6.28. The van der Waals surface area contributed by atoms with Crippen molar-refractivity contribution < 1.29 is 0 Å². The molecule has 0 heterocycles. The maximum absolute atomic E-state index is 3.64. The highest BCUT2D eigenvalue weighted by Gasteiger charge is 1.77. The Bertz CT molecular complexity index is 103. The molecule has 1 N–H and O–H groups in total. The number of hydrogen-bond donors (Lipinski definition) is 1. The Balaban J connectivity index is 3.31. The minimum atomic E-state index is 0.953. The summed E-state index contributed by atoms with van der Waals surface area (Å²) in [6.45, 7) is 9.76. The minimum Gasteiger partial charge on any atom is -0.314 e. The lowest BCUT2D eigenvalue weighted by molar-refractivity contribution is 0.797. The predicted molar refractivity (Wildman–Crippen MR) is 42.5 cm³/mol. The van der Waals surface area contributed by atoms with Crippen molar-refractivity contribution in [2.75, 3.05) is 13.1 Å². The Morgan fingerprint density at radius 3 is 2.78 bits per heavy atom. The maximum atomic E-state index is 3.64. The van der Waals surface area contributed by atoms with E-state index >= 15 is 0 Å². The van der Waals surface area contributed by atoms with Crippen LogP contribution in [-0.2, 0) is 0 Å². The summed E-state index contributed by atoms with van der Waals surface area (Å²) in [5, 5.41) is 3.19. The van der Waals surface area contributed by atoms with Gasteiger partial charge in [0.25, 0.3) is 0 Å². The lowest BCUT2D eigenvalue weighted by Gasteiger charge is -1.93. The monoisotopic (exact) mass is 125 g/mol. The SMILES string of the molecule is C=C/C(C)=C/CNCC. The summed E-state index contributed by atoms with van der Waals surface area (Å²) < 4.78 is 0. The molecule has 0 unspecified atom stereocenters. The van der Waals surface area contributed by atoms with Gasteiger partial charge in [-0.15, -0.1) is 0 Å². The molecule has 0 amide bonds. The topological polar surface area (TPSA) is 12.0 Å². The highest BCUT2D eigenvalue weighted by atomic mass is 14.8. The van der Waals surface area contributed by atoms with Crippen LogP contribution >= 0.6 is 0 Å². The molecule has 0 aliphatic heterocycles. The van der Waals surface area contributed by atoms with Gasteiger partial charge in [-0.2, -0.15) is 0 Å². The minimum absolute atomic E-state index is 0.953. The first kappa shape index (κ1) is 8.44. The van der Waals surface area contributed by atoms with Crippen LogP contribution in [0.25, 0.3) is 0 Å². The van der Waals surface area contributed by atoms with Gasteiger partial charge in [0.1, 0.15) is 0 Å². The van der Waals surface area contributed by atoms with Crippen molar-refractivity contribution in [3.05, 3.63) is 24.3 Å².